The highest BCUT2D eigenvalue weighted by atomic mass is 32.2. The maximum absolute atomic E-state index is 13.0. The zero-order chi connectivity index (χ0) is 25.3. The Hall–Kier alpha value is -4.31. The van der Waals surface area contributed by atoms with E-state index in [0.29, 0.717) is 23.2 Å². The summed E-state index contributed by atoms with van der Waals surface area (Å²) in [6.45, 7) is 0. The summed E-state index contributed by atoms with van der Waals surface area (Å²) < 4.78 is 74.4. The first-order chi connectivity index (χ1) is 17.2. The largest absolute Gasteiger partial charge is 0.457 e. The molecule has 10 heteroatoms. The number of anilines is 1. The maximum atomic E-state index is 13.0. The summed E-state index contributed by atoms with van der Waals surface area (Å²) in [4.78, 5) is 4.12. The Labute approximate surface area is 204 Å². The van der Waals surface area contributed by atoms with Crippen molar-refractivity contribution in [3.05, 3.63) is 109 Å². The number of ether oxygens (including phenoxy) is 1. The second kappa shape index (κ2) is 9.04. The molecule has 36 heavy (non-hydrogen) atoms. The van der Waals surface area contributed by atoms with Gasteiger partial charge in [-0.1, -0.05) is 42.5 Å². The summed E-state index contributed by atoms with van der Waals surface area (Å²) in [7, 11) is -4.26. The summed E-state index contributed by atoms with van der Waals surface area (Å²) in [5.74, 6) is 0.809. The first kappa shape index (κ1) is 23.4. The van der Waals surface area contributed by atoms with Crippen molar-refractivity contribution in [2.75, 3.05) is 4.72 Å². The third kappa shape index (κ3) is 5.03. The lowest BCUT2D eigenvalue weighted by Gasteiger charge is -2.12. The van der Waals surface area contributed by atoms with E-state index in [0.717, 1.165) is 29.5 Å². The second-order valence-corrected chi connectivity index (χ2v) is 9.56. The van der Waals surface area contributed by atoms with Gasteiger partial charge >= 0.3 is 6.18 Å². The number of hydrogen-bond acceptors (Lipinski definition) is 4. The van der Waals surface area contributed by atoms with Crippen LogP contribution in [-0.4, -0.2) is 17.8 Å². The number of hydrogen-bond donors (Lipinski definition) is 1. The normalized spacial score (nSPS) is 12.0. The first-order valence-electron chi connectivity index (χ1n) is 10.7. The Morgan fingerprint density at radius 3 is 2.36 bits per heavy atom. The molecule has 3 aromatic carbocycles. The van der Waals surface area contributed by atoms with Crippen LogP contribution in [0.4, 0.5) is 18.9 Å². The van der Waals surface area contributed by atoms with Gasteiger partial charge in [0.05, 0.1) is 21.8 Å². The molecule has 0 aliphatic carbocycles. The van der Waals surface area contributed by atoms with Gasteiger partial charge in [0.15, 0.2) is 0 Å². The summed E-state index contributed by atoms with van der Waals surface area (Å²) >= 11 is 0. The first-order valence-corrected chi connectivity index (χ1v) is 12.2. The molecule has 182 valence electrons. The van der Waals surface area contributed by atoms with Crippen LogP contribution in [0.15, 0.2) is 108 Å². The van der Waals surface area contributed by atoms with Gasteiger partial charge in [-0.25, -0.2) is 13.4 Å². The summed E-state index contributed by atoms with van der Waals surface area (Å²) in [5, 5.41) is 0. The van der Waals surface area contributed by atoms with Crippen molar-refractivity contribution in [2.45, 2.75) is 11.1 Å². The number of aromatic nitrogens is 2. The van der Waals surface area contributed by atoms with Crippen molar-refractivity contribution in [2.24, 2.45) is 0 Å². The number of alkyl halides is 3. The van der Waals surface area contributed by atoms with Crippen LogP contribution in [0.5, 0.6) is 11.5 Å². The molecule has 0 aliphatic rings. The summed E-state index contributed by atoms with van der Waals surface area (Å²) in [6.07, 6.45) is -0.959. The minimum atomic E-state index is -4.66. The number of nitrogens with one attached hydrogen (secondary N) is 1. The molecule has 0 amide bonds. The number of nitrogens with zero attached hydrogens (tertiary/aromatic N) is 2. The zero-order valence-electron chi connectivity index (χ0n) is 18.5. The fourth-order valence-electron chi connectivity index (χ4n) is 3.59. The average molecular weight is 510 g/mol. The Balaban J connectivity index is 1.36. The smallest absolute Gasteiger partial charge is 0.416 e. The van der Waals surface area contributed by atoms with Gasteiger partial charge in [-0.05, 0) is 36.4 Å². The van der Waals surface area contributed by atoms with Crippen LogP contribution >= 0.6 is 0 Å². The van der Waals surface area contributed by atoms with Gasteiger partial charge in [0.2, 0.25) is 0 Å². The Bertz CT molecular complexity index is 1650. The van der Waals surface area contributed by atoms with E-state index in [9.17, 15) is 21.6 Å². The molecule has 0 saturated heterocycles. The maximum Gasteiger partial charge on any atom is 0.416 e. The molecule has 0 atom stereocenters. The molecule has 0 aliphatic heterocycles. The molecule has 5 rings (SSSR count). The van der Waals surface area contributed by atoms with Gasteiger partial charge in [-0.2, -0.15) is 13.2 Å². The van der Waals surface area contributed by atoms with Crippen molar-refractivity contribution in [3.8, 4) is 22.8 Å². The quantitative estimate of drug-likeness (QED) is 0.280. The van der Waals surface area contributed by atoms with Crippen LogP contribution in [0.2, 0.25) is 0 Å². The van der Waals surface area contributed by atoms with Crippen molar-refractivity contribution >= 4 is 21.4 Å². The zero-order valence-corrected chi connectivity index (χ0v) is 19.3. The van der Waals surface area contributed by atoms with E-state index in [4.69, 9.17) is 4.74 Å². The molecular weight excluding hydrogens is 491 g/mol. The molecule has 0 radical (unpaired) electrons. The van der Waals surface area contributed by atoms with Crippen LogP contribution in [0.1, 0.15) is 5.56 Å². The number of benzene rings is 3. The Morgan fingerprint density at radius 1 is 0.833 bits per heavy atom. The van der Waals surface area contributed by atoms with E-state index in [1.165, 1.54) is 12.1 Å². The van der Waals surface area contributed by atoms with Crippen molar-refractivity contribution < 1.29 is 26.3 Å². The van der Waals surface area contributed by atoms with Gasteiger partial charge < -0.3 is 9.14 Å². The molecule has 2 heterocycles. The van der Waals surface area contributed by atoms with E-state index < -0.39 is 26.7 Å². The molecule has 6 nitrogen and oxygen atoms in total. The standard InChI is InChI=1S/C26H18F3N3O3S/c27-26(28,29)19-8-4-11-23(14-19)36(33,34)31-20-9-5-10-21(15-20)35-22-12-13-32-17-24(30-25(32)16-22)18-6-2-1-3-7-18/h1-17,31H. The SMILES string of the molecule is O=S(=O)(Nc1cccc(Oc2ccn3cc(-c4ccccc4)nc3c2)c1)c1cccc(C(F)(F)F)c1. The van der Waals surface area contributed by atoms with E-state index in [2.05, 4.69) is 9.71 Å². The predicted octanol–water partition coefficient (Wildman–Crippen LogP) is 6.61. The molecule has 1 N–H and O–H groups in total. The van der Waals surface area contributed by atoms with E-state index >= 15 is 0 Å². The fourth-order valence-corrected chi connectivity index (χ4v) is 4.68. The van der Waals surface area contributed by atoms with Crippen LogP contribution in [0.3, 0.4) is 0 Å². The number of fused-ring (bicyclic) bond motifs is 1. The minimum absolute atomic E-state index is 0.137. The third-order valence-electron chi connectivity index (χ3n) is 5.29. The molecule has 0 fully saturated rings. The predicted molar refractivity (Wildman–Crippen MR) is 129 cm³/mol. The number of halogens is 3. The fraction of sp³-hybridized carbons (Fsp3) is 0.0385. The van der Waals surface area contributed by atoms with E-state index in [-0.39, 0.29) is 5.69 Å². The Kier molecular flexibility index (Phi) is 5.89. The molecule has 0 unspecified atom stereocenters. The van der Waals surface area contributed by atoms with Crippen molar-refractivity contribution in [1.82, 2.24) is 9.38 Å². The highest BCUT2D eigenvalue weighted by molar-refractivity contribution is 7.92. The summed E-state index contributed by atoms with van der Waals surface area (Å²) in [5.41, 5.74) is 1.53. The second-order valence-electron chi connectivity index (χ2n) is 7.88. The molecular formula is C26H18F3N3O3S. The van der Waals surface area contributed by atoms with Gasteiger partial charge in [0.25, 0.3) is 10.0 Å². The lowest BCUT2D eigenvalue weighted by Crippen LogP contribution is -2.14. The molecule has 0 bridgehead atoms. The molecule has 5 aromatic rings. The van der Waals surface area contributed by atoms with Crippen LogP contribution in [0.25, 0.3) is 16.9 Å². The van der Waals surface area contributed by atoms with Crippen LogP contribution < -0.4 is 9.46 Å². The van der Waals surface area contributed by atoms with Crippen LogP contribution in [0, 0.1) is 0 Å². The van der Waals surface area contributed by atoms with Gasteiger partial charge in [0.1, 0.15) is 17.1 Å². The summed E-state index contributed by atoms with van der Waals surface area (Å²) in [6, 6.07) is 22.9. The van der Waals surface area contributed by atoms with Crippen molar-refractivity contribution in [3.63, 3.8) is 0 Å². The van der Waals surface area contributed by atoms with Gasteiger partial charge in [-0.3, -0.25) is 4.72 Å². The average Bonchev–Trinajstić information content (AvgIpc) is 3.28. The van der Waals surface area contributed by atoms with E-state index in [1.807, 2.05) is 40.9 Å². The highest BCUT2D eigenvalue weighted by Crippen LogP contribution is 2.31. The number of sulfonamides is 1. The minimum Gasteiger partial charge on any atom is -0.457 e. The molecule has 2 aromatic heterocycles. The topological polar surface area (TPSA) is 72.7 Å². The van der Waals surface area contributed by atoms with Gasteiger partial charge in [0, 0.05) is 30.1 Å². The lowest BCUT2D eigenvalue weighted by molar-refractivity contribution is -0.137. The number of imidazole rings is 1. The Morgan fingerprint density at radius 2 is 1.58 bits per heavy atom. The highest BCUT2D eigenvalue weighted by Gasteiger charge is 2.31. The molecule has 0 spiro atoms. The van der Waals surface area contributed by atoms with Crippen molar-refractivity contribution in [1.29, 1.82) is 0 Å². The van der Waals surface area contributed by atoms with Crippen LogP contribution in [-0.2, 0) is 16.2 Å². The number of rotatable bonds is 6. The lowest BCUT2D eigenvalue weighted by atomic mass is 10.2. The van der Waals surface area contributed by atoms with Gasteiger partial charge in [-0.15, -0.1) is 0 Å². The molecule has 0 saturated carbocycles. The van der Waals surface area contributed by atoms with E-state index in [1.54, 1.807) is 30.5 Å². The third-order valence-corrected chi connectivity index (χ3v) is 6.67. The monoisotopic (exact) mass is 509 g/mol. The number of pyridine rings is 1.